The standard InChI is InChI=1S/C19H25F3O5/c1-6-14(23)18(4,5)17(25)26-15(24)9-13-8-7-11(2)12(3)16(13)27-19(21,22)10-20/h7-8,14,23H,6,9-10H2,1-5H3. The molecule has 1 rings (SSSR count). The molecule has 27 heavy (non-hydrogen) atoms. The highest BCUT2D eigenvalue weighted by atomic mass is 19.3. The lowest BCUT2D eigenvalue weighted by molar-refractivity contribution is -0.187. The van der Waals surface area contributed by atoms with Crippen molar-refractivity contribution in [3.8, 4) is 5.75 Å². The van der Waals surface area contributed by atoms with Crippen molar-refractivity contribution in [2.24, 2.45) is 5.41 Å². The van der Waals surface area contributed by atoms with Gasteiger partial charge in [-0.1, -0.05) is 19.1 Å². The summed E-state index contributed by atoms with van der Waals surface area (Å²) >= 11 is 0. The zero-order chi connectivity index (χ0) is 21.0. The molecule has 0 heterocycles. The highest BCUT2D eigenvalue weighted by molar-refractivity contribution is 5.90. The van der Waals surface area contributed by atoms with E-state index in [2.05, 4.69) is 4.74 Å². The predicted octanol–water partition coefficient (Wildman–Crippen LogP) is 3.65. The van der Waals surface area contributed by atoms with Gasteiger partial charge in [0.05, 0.1) is 17.9 Å². The van der Waals surface area contributed by atoms with Crippen LogP contribution in [0.5, 0.6) is 5.75 Å². The Morgan fingerprint density at radius 3 is 2.33 bits per heavy atom. The molecule has 0 radical (unpaired) electrons. The number of carbonyl (C=O) groups is 2. The molecule has 1 unspecified atom stereocenters. The van der Waals surface area contributed by atoms with Crippen LogP contribution in [0, 0.1) is 19.3 Å². The molecule has 8 heteroatoms. The summed E-state index contributed by atoms with van der Waals surface area (Å²) in [7, 11) is 0. The topological polar surface area (TPSA) is 72.8 Å². The molecule has 0 aliphatic heterocycles. The van der Waals surface area contributed by atoms with Crippen molar-refractivity contribution < 1.29 is 37.3 Å². The fraction of sp³-hybridized carbons (Fsp3) is 0.579. The summed E-state index contributed by atoms with van der Waals surface area (Å²) in [4.78, 5) is 24.3. The van der Waals surface area contributed by atoms with E-state index < -0.39 is 42.7 Å². The Kier molecular flexibility index (Phi) is 7.42. The van der Waals surface area contributed by atoms with E-state index in [0.717, 1.165) is 0 Å². The third kappa shape index (κ3) is 5.69. The van der Waals surface area contributed by atoms with Crippen LogP contribution < -0.4 is 4.74 Å². The van der Waals surface area contributed by atoms with Crippen molar-refractivity contribution in [2.45, 2.75) is 59.7 Å². The fourth-order valence-corrected chi connectivity index (χ4v) is 2.38. The number of aryl methyl sites for hydroxylation is 1. The maximum Gasteiger partial charge on any atom is 0.427 e. The van der Waals surface area contributed by atoms with Gasteiger partial charge in [-0.25, -0.2) is 4.39 Å². The first-order chi connectivity index (χ1) is 12.4. The fourth-order valence-electron chi connectivity index (χ4n) is 2.38. The van der Waals surface area contributed by atoms with Gasteiger partial charge >= 0.3 is 18.0 Å². The third-order valence-electron chi connectivity index (χ3n) is 4.45. The smallest absolute Gasteiger partial charge is 0.427 e. The van der Waals surface area contributed by atoms with Crippen LogP contribution in [-0.2, 0) is 20.7 Å². The summed E-state index contributed by atoms with van der Waals surface area (Å²) in [5, 5.41) is 9.87. The number of ether oxygens (including phenoxy) is 2. The van der Waals surface area contributed by atoms with Gasteiger partial charge in [0, 0.05) is 5.56 Å². The quantitative estimate of drug-likeness (QED) is 0.542. The molecule has 0 bridgehead atoms. The minimum atomic E-state index is -4.04. The zero-order valence-corrected chi connectivity index (χ0v) is 16.1. The summed E-state index contributed by atoms with van der Waals surface area (Å²) in [6, 6.07) is 2.97. The maximum atomic E-state index is 13.4. The van der Waals surface area contributed by atoms with Crippen LogP contribution >= 0.6 is 0 Å². The first kappa shape index (κ1) is 23.0. The van der Waals surface area contributed by atoms with Crippen molar-refractivity contribution in [3.05, 3.63) is 28.8 Å². The molecular formula is C19H25F3O5. The van der Waals surface area contributed by atoms with Crippen LogP contribution in [0.1, 0.15) is 43.9 Å². The van der Waals surface area contributed by atoms with Gasteiger partial charge in [0.1, 0.15) is 5.75 Å². The molecule has 152 valence electrons. The van der Waals surface area contributed by atoms with Crippen LogP contribution in [0.25, 0.3) is 0 Å². The number of aliphatic hydroxyl groups is 1. The minimum absolute atomic E-state index is 0.0397. The Morgan fingerprint density at radius 2 is 1.81 bits per heavy atom. The first-order valence-corrected chi connectivity index (χ1v) is 8.50. The van der Waals surface area contributed by atoms with Gasteiger partial charge in [0.2, 0.25) is 0 Å². The lowest BCUT2D eigenvalue weighted by Crippen LogP contribution is -2.39. The normalized spacial score (nSPS) is 13.2. The van der Waals surface area contributed by atoms with E-state index in [1.807, 2.05) is 0 Å². The predicted molar refractivity (Wildman–Crippen MR) is 92.3 cm³/mol. The minimum Gasteiger partial charge on any atom is -0.430 e. The Morgan fingerprint density at radius 1 is 1.22 bits per heavy atom. The number of carbonyl (C=O) groups excluding carboxylic acids is 2. The summed E-state index contributed by atoms with van der Waals surface area (Å²) in [5.74, 6) is -2.25. The van der Waals surface area contributed by atoms with Crippen LogP contribution in [0.3, 0.4) is 0 Å². The summed E-state index contributed by atoms with van der Waals surface area (Å²) in [6.07, 6.45) is -5.30. The molecule has 1 aromatic carbocycles. The lowest BCUT2D eigenvalue weighted by atomic mass is 9.85. The highest BCUT2D eigenvalue weighted by Gasteiger charge is 2.38. The summed E-state index contributed by atoms with van der Waals surface area (Å²) in [5.41, 5.74) is -0.340. The number of hydrogen-bond donors (Lipinski definition) is 1. The molecule has 1 atom stereocenters. The van der Waals surface area contributed by atoms with Gasteiger partial charge in [-0.15, -0.1) is 0 Å². The van der Waals surface area contributed by atoms with Gasteiger partial charge < -0.3 is 14.6 Å². The first-order valence-electron chi connectivity index (χ1n) is 8.50. The van der Waals surface area contributed by atoms with E-state index in [-0.39, 0.29) is 17.7 Å². The maximum absolute atomic E-state index is 13.4. The summed E-state index contributed by atoms with van der Waals surface area (Å²) < 4.78 is 48.4. The average molecular weight is 390 g/mol. The number of esters is 2. The van der Waals surface area contributed by atoms with Gasteiger partial charge in [0.15, 0.2) is 6.67 Å². The van der Waals surface area contributed by atoms with Crippen LogP contribution in [0.4, 0.5) is 13.2 Å². The zero-order valence-electron chi connectivity index (χ0n) is 16.1. The van der Waals surface area contributed by atoms with Gasteiger partial charge in [-0.2, -0.15) is 8.78 Å². The van der Waals surface area contributed by atoms with E-state index >= 15 is 0 Å². The lowest BCUT2D eigenvalue weighted by Gasteiger charge is -2.26. The summed E-state index contributed by atoms with van der Waals surface area (Å²) in [6.45, 7) is 5.67. The monoisotopic (exact) mass is 390 g/mol. The number of alkyl halides is 3. The number of hydrogen-bond acceptors (Lipinski definition) is 5. The van der Waals surface area contributed by atoms with Crippen molar-refractivity contribution in [3.63, 3.8) is 0 Å². The molecule has 0 fully saturated rings. The van der Waals surface area contributed by atoms with Crippen molar-refractivity contribution in [1.29, 1.82) is 0 Å². The average Bonchev–Trinajstić information content (AvgIpc) is 2.60. The number of benzene rings is 1. The second-order valence-electron chi connectivity index (χ2n) is 6.95. The van der Waals surface area contributed by atoms with E-state index in [1.54, 1.807) is 19.9 Å². The molecule has 0 aromatic heterocycles. The van der Waals surface area contributed by atoms with Crippen molar-refractivity contribution in [1.82, 2.24) is 0 Å². The number of rotatable bonds is 8. The molecule has 1 N–H and O–H groups in total. The second-order valence-corrected chi connectivity index (χ2v) is 6.95. The van der Waals surface area contributed by atoms with E-state index in [4.69, 9.17) is 4.74 Å². The van der Waals surface area contributed by atoms with Gasteiger partial charge in [0.25, 0.3) is 0 Å². The third-order valence-corrected chi connectivity index (χ3v) is 4.45. The molecule has 0 saturated carbocycles. The van der Waals surface area contributed by atoms with Gasteiger partial charge in [-0.05, 0) is 45.2 Å². The van der Waals surface area contributed by atoms with E-state index in [1.165, 1.54) is 26.8 Å². The highest BCUT2D eigenvalue weighted by Crippen LogP contribution is 2.32. The second kappa shape index (κ2) is 8.73. The SMILES string of the molecule is CCC(O)C(C)(C)C(=O)OC(=O)Cc1ccc(C)c(C)c1OC(F)(F)CF. The van der Waals surface area contributed by atoms with Crippen LogP contribution in [0.2, 0.25) is 0 Å². The van der Waals surface area contributed by atoms with Crippen LogP contribution in [0.15, 0.2) is 12.1 Å². The molecule has 5 nitrogen and oxygen atoms in total. The van der Waals surface area contributed by atoms with Crippen molar-refractivity contribution >= 4 is 11.9 Å². The molecule has 1 aromatic rings. The molecule has 0 saturated heterocycles. The van der Waals surface area contributed by atoms with E-state index in [9.17, 15) is 27.9 Å². The Balaban J connectivity index is 3.03. The number of aliphatic hydroxyl groups excluding tert-OH is 1. The van der Waals surface area contributed by atoms with Crippen LogP contribution in [-0.4, -0.2) is 35.9 Å². The van der Waals surface area contributed by atoms with Gasteiger partial charge in [-0.3, -0.25) is 9.59 Å². The number of halogens is 3. The Hall–Kier alpha value is -2.09. The molecule has 0 amide bonds. The molecule has 0 aliphatic rings. The molecule has 0 spiro atoms. The molecular weight excluding hydrogens is 365 g/mol. The Bertz CT molecular complexity index is 701. The largest absolute Gasteiger partial charge is 0.430 e. The Labute approximate surface area is 156 Å². The van der Waals surface area contributed by atoms with E-state index in [0.29, 0.717) is 11.1 Å². The molecule has 0 aliphatic carbocycles. The van der Waals surface area contributed by atoms with Crippen molar-refractivity contribution in [2.75, 3.05) is 6.67 Å².